The standard InChI is InChI=1S/C20H21N3.ClH/c1-13-12-16(6-11-19(13)23)20(14-2-7-17(21)8-3-14)15-4-9-18(22)10-5-15;/h2-12,20H,21-23H2,1H3;1H/p-1. The van der Waals surface area contributed by atoms with Crippen molar-refractivity contribution >= 4 is 17.1 Å². The van der Waals surface area contributed by atoms with E-state index in [1.54, 1.807) is 0 Å². The monoisotopic (exact) mass is 338 g/mol. The summed E-state index contributed by atoms with van der Waals surface area (Å²) in [4.78, 5) is 0. The van der Waals surface area contributed by atoms with Crippen molar-refractivity contribution in [3.05, 3.63) is 89.0 Å². The Bertz CT molecular complexity index is 766. The van der Waals surface area contributed by atoms with E-state index in [0.29, 0.717) is 0 Å². The lowest BCUT2D eigenvalue weighted by Gasteiger charge is -2.20. The summed E-state index contributed by atoms with van der Waals surface area (Å²) < 4.78 is 0. The highest BCUT2D eigenvalue weighted by Crippen LogP contribution is 2.34. The van der Waals surface area contributed by atoms with Gasteiger partial charge in [0.05, 0.1) is 0 Å². The molecule has 0 fully saturated rings. The fourth-order valence-electron chi connectivity index (χ4n) is 2.83. The van der Waals surface area contributed by atoms with Gasteiger partial charge in [-0.2, -0.15) is 0 Å². The second-order valence-electron chi connectivity index (χ2n) is 5.88. The van der Waals surface area contributed by atoms with Crippen LogP contribution >= 0.6 is 0 Å². The van der Waals surface area contributed by atoms with E-state index in [2.05, 4.69) is 36.4 Å². The average Bonchev–Trinajstić information content (AvgIpc) is 2.55. The minimum absolute atomic E-state index is 0. The predicted octanol–water partition coefficient (Wildman–Crippen LogP) is 0.926. The van der Waals surface area contributed by atoms with Gasteiger partial charge >= 0.3 is 0 Å². The minimum Gasteiger partial charge on any atom is -1.00 e. The molecular weight excluding hydrogens is 318 g/mol. The average molecular weight is 339 g/mol. The zero-order valence-corrected chi connectivity index (χ0v) is 14.3. The fourth-order valence-corrected chi connectivity index (χ4v) is 2.83. The molecule has 0 saturated carbocycles. The number of benzene rings is 3. The Morgan fingerprint density at radius 1 is 0.625 bits per heavy atom. The van der Waals surface area contributed by atoms with Crippen LogP contribution in [-0.4, -0.2) is 0 Å². The Balaban J connectivity index is 0.00000208. The second kappa shape index (κ2) is 7.28. The maximum atomic E-state index is 5.97. The quantitative estimate of drug-likeness (QED) is 0.491. The van der Waals surface area contributed by atoms with Crippen molar-refractivity contribution in [3.8, 4) is 0 Å². The van der Waals surface area contributed by atoms with Crippen LogP contribution in [0.15, 0.2) is 66.7 Å². The van der Waals surface area contributed by atoms with E-state index in [0.717, 1.165) is 22.6 Å². The lowest BCUT2D eigenvalue weighted by Crippen LogP contribution is -3.00. The molecule has 0 saturated heterocycles. The van der Waals surface area contributed by atoms with Crippen LogP contribution in [0.2, 0.25) is 0 Å². The summed E-state index contributed by atoms with van der Waals surface area (Å²) in [6.07, 6.45) is 0. The summed E-state index contributed by atoms with van der Waals surface area (Å²) in [5.41, 5.74) is 24.6. The molecule has 0 unspecified atom stereocenters. The van der Waals surface area contributed by atoms with Crippen molar-refractivity contribution in [1.29, 1.82) is 0 Å². The highest BCUT2D eigenvalue weighted by molar-refractivity contribution is 5.54. The number of hydrogen-bond acceptors (Lipinski definition) is 3. The van der Waals surface area contributed by atoms with Crippen LogP contribution in [-0.2, 0) is 0 Å². The van der Waals surface area contributed by atoms with E-state index >= 15 is 0 Å². The number of aryl methyl sites for hydroxylation is 1. The van der Waals surface area contributed by atoms with Crippen LogP contribution in [0.3, 0.4) is 0 Å². The van der Waals surface area contributed by atoms with Crippen molar-refractivity contribution in [3.63, 3.8) is 0 Å². The maximum absolute atomic E-state index is 5.97. The molecule has 0 aliphatic rings. The highest BCUT2D eigenvalue weighted by Gasteiger charge is 2.17. The molecule has 0 aliphatic heterocycles. The molecule has 124 valence electrons. The molecule has 0 spiro atoms. The van der Waals surface area contributed by atoms with Gasteiger partial charge in [0.15, 0.2) is 0 Å². The third kappa shape index (κ3) is 3.63. The smallest absolute Gasteiger partial charge is 0.0343 e. The molecule has 0 aromatic heterocycles. The van der Waals surface area contributed by atoms with Gasteiger partial charge in [-0.3, -0.25) is 0 Å². The van der Waals surface area contributed by atoms with Crippen LogP contribution in [0.4, 0.5) is 17.1 Å². The predicted molar refractivity (Wildman–Crippen MR) is 98.2 cm³/mol. The van der Waals surface area contributed by atoms with Crippen molar-refractivity contribution in [2.24, 2.45) is 0 Å². The highest BCUT2D eigenvalue weighted by atomic mass is 35.5. The number of halogens is 1. The SMILES string of the molecule is Cc1cc(C(c2ccc(N)cc2)c2ccc(N)cc2)ccc1N.[Cl-]. The Hall–Kier alpha value is -2.65. The molecule has 24 heavy (non-hydrogen) atoms. The van der Waals surface area contributed by atoms with Gasteiger partial charge in [0.1, 0.15) is 0 Å². The normalized spacial score (nSPS) is 10.4. The summed E-state index contributed by atoms with van der Waals surface area (Å²) in [5.74, 6) is 0.121. The zero-order chi connectivity index (χ0) is 16.4. The molecule has 6 N–H and O–H groups in total. The van der Waals surface area contributed by atoms with E-state index in [9.17, 15) is 0 Å². The van der Waals surface area contributed by atoms with Gasteiger partial charge in [-0.1, -0.05) is 36.4 Å². The van der Waals surface area contributed by atoms with Crippen LogP contribution in [0.25, 0.3) is 0 Å². The zero-order valence-electron chi connectivity index (χ0n) is 13.5. The number of nitrogen functional groups attached to an aromatic ring is 3. The summed E-state index contributed by atoms with van der Waals surface area (Å²) in [5, 5.41) is 0. The molecule has 3 rings (SSSR count). The number of rotatable bonds is 3. The van der Waals surface area contributed by atoms with E-state index in [4.69, 9.17) is 17.2 Å². The first-order valence-electron chi connectivity index (χ1n) is 7.61. The Morgan fingerprint density at radius 2 is 1.04 bits per heavy atom. The lowest BCUT2D eigenvalue weighted by molar-refractivity contribution is -0.00000472. The van der Waals surface area contributed by atoms with Crippen molar-refractivity contribution in [1.82, 2.24) is 0 Å². The van der Waals surface area contributed by atoms with Gasteiger partial charge in [-0.05, 0) is 59.5 Å². The van der Waals surface area contributed by atoms with Crippen LogP contribution in [0, 0.1) is 6.92 Å². The van der Waals surface area contributed by atoms with E-state index in [-0.39, 0.29) is 18.3 Å². The summed E-state index contributed by atoms with van der Waals surface area (Å²) in [6.45, 7) is 2.03. The van der Waals surface area contributed by atoms with Crippen LogP contribution < -0.4 is 29.6 Å². The number of anilines is 3. The summed E-state index contributed by atoms with van der Waals surface area (Å²) in [6, 6.07) is 22.2. The van der Waals surface area contributed by atoms with Crippen LogP contribution in [0.5, 0.6) is 0 Å². The van der Waals surface area contributed by atoms with E-state index in [1.807, 2.05) is 37.3 Å². The van der Waals surface area contributed by atoms with Crippen LogP contribution in [0.1, 0.15) is 28.2 Å². The lowest BCUT2D eigenvalue weighted by atomic mass is 9.84. The molecule has 4 heteroatoms. The topological polar surface area (TPSA) is 78.1 Å². The number of nitrogens with two attached hydrogens (primary N) is 3. The first-order chi connectivity index (χ1) is 11.0. The number of hydrogen-bond donors (Lipinski definition) is 3. The molecule has 0 amide bonds. The van der Waals surface area contributed by atoms with Crippen molar-refractivity contribution in [2.75, 3.05) is 17.2 Å². The molecule has 0 bridgehead atoms. The fraction of sp³-hybridized carbons (Fsp3) is 0.100. The third-order valence-electron chi connectivity index (χ3n) is 4.17. The van der Waals surface area contributed by atoms with Crippen molar-refractivity contribution < 1.29 is 12.4 Å². The van der Waals surface area contributed by atoms with Gasteiger partial charge in [0.2, 0.25) is 0 Å². The largest absolute Gasteiger partial charge is 1.00 e. The Kier molecular flexibility index (Phi) is 5.37. The second-order valence-corrected chi connectivity index (χ2v) is 5.88. The maximum Gasteiger partial charge on any atom is 0.0343 e. The molecule has 0 heterocycles. The summed E-state index contributed by atoms with van der Waals surface area (Å²) >= 11 is 0. The Labute approximate surface area is 148 Å². The van der Waals surface area contributed by atoms with Gasteiger partial charge in [-0.15, -0.1) is 0 Å². The molecular formula is C20H21ClN3-. The minimum atomic E-state index is 0. The summed E-state index contributed by atoms with van der Waals surface area (Å²) in [7, 11) is 0. The van der Waals surface area contributed by atoms with Gasteiger partial charge < -0.3 is 29.6 Å². The molecule has 3 aromatic carbocycles. The Morgan fingerprint density at radius 3 is 1.46 bits per heavy atom. The van der Waals surface area contributed by atoms with E-state index < -0.39 is 0 Å². The van der Waals surface area contributed by atoms with E-state index in [1.165, 1.54) is 16.7 Å². The molecule has 0 aliphatic carbocycles. The molecule has 3 nitrogen and oxygen atoms in total. The molecule has 0 atom stereocenters. The van der Waals surface area contributed by atoms with Gasteiger partial charge in [0.25, 0.3) is 0 Å². The molecule has 3 aromatic rings. The first kappa shape index (κ1) is 17.7. The van der Waals surface area contributed by atoms with Crippen molar-refractivity contribution in [2.45, 2.75) is 12.8 Å². The van der Waals surface area contributed by atoms with Gasteiger partial charge in [-0.25, -0.2) is 0 Å². The molecule has 0 radical (unpaired) electrons. The third-order valence-corrected chi connectivity index (χ3v) is 4.17. The van der Waals surface area contributed by atoms with Gasteiger partial charge in [0, 0.05) is 23.0 Å². The first-order valence-corrected chi connectivity index (χ1v) is 7.61.